The molecule has 0 fully saturated rings. The van der Waals surface area contributed by atoms with Gasteiger partial charge in [0.2, 0.25) is 0 Å². The molecule has 104 valence electrons. The van der Waals surface area contributed by atoms with Crippen LogP contribution in [0.3, 0.4) is 0 Å². The summed E-state index contributed by atoms with van der Waals surface area (Å²) in [6.07, 6.45) is 1.61. The minimum Gasteiger partial charge on any atom is -0.299 e. The highest BCUT2D eigenvalue weighted by Crippen LogP contribution is 2.12. The summed E-state index contributed by atoms with van der Waals surface area (Å²) < 4.78 is 3.44. The van der Waals surface area contributed by atoms with Crippen molar-refractivity contribution in [1.29, 1.82) is 0 Å². The van der Waals surface area contributed by atoms with Crippen LogP contribution in [0.15, 0.2) is 43.3 Å². The molecule has 0 N–H and O–H groups in total. The van der Waals surface area contributed by atoms with Crippen LogP contribution in [0.4, 0.5) is 5.69 Å². The molecule has 0 atom stereocenters. The second-order valence-corrected chi connectivity index (χ2v) is 5.37. The lowest BCUT2D eigenvalue weighted by Gasteiger charge is -2.08. The van der Waals surface area contributed by atoms with E-state index in [9.17, 15) is 9.59 Å². The van der Waals surface area contributed by atoms with Gasteiger partial charge < -0.3 is 0 Å². The molecule has 2 aromatic rings. The largest absolute Gasteiger partial charge is 0.330 e. The van der Waals surface area contributed by atoms with Crippen molar-refractivity contribution in [3.05, 3.63) is 60.8 Å². The number of aromatic nitrogens is 2. The van der Waals surface area contributed by atoms with Gasteiger partial charge in [-0.3, -0.25) is 13.9 Å². The zero-order valence-corrected chi connectivity index (χ0v) is 13.0. The van der Waals surface area contributed by atoms with Crippen LogP contribution in [-0.4, -0.2) is 15.3 Å². The highest BCUT2D eigenvalue weighted by molar-refractivity contribution is 9.10. The van der Waals surface area contributed by atoms with Gasteiger partial charge in [-0.05, 0) is 24.6 Å². The second-order valence-electron chi connectivity index (χ2n) is 4.45. The number of halogens is 1. The molecule has 5 nitrogen and oxygen atoms in total. The maximum atomic E-state index is 12.1. The van der Waals surface area contributed by atoms with E-state index in [-0.39, 0.29) is 16.9 Å². The van der Waals surface area contributed by atoms with E-state index in [1.807, 2.05) is 24.3 Å². The molecule has 0 aliphatic heterocycles. The highest BCUT2D eigenvalue weighted by Gasteiger charge is 2.10. The summed E-state index contributed by atoms with van der Waals surface area (Å²) in [5, 5.41) is 0. The SMILES string of the molecule is Cc1c(N=Cc2ccc(Br)cc2)c(=O)n(C)c(=O)n1C. The number of hydrogen-bond donors (Lipinski definition) is 0. The zero-order valence-electron chi connectivity index (χ0n) is 11.4. The van der Waals surface area contributed by atoms with Crippen LogP contribution in [0.1, 0.15) is 11.3 Å². The Bertz CT molecular complexity index is 786. The summed E-state index contributed by atoms with van der Waals surface area (Å²) in [6.45, 7) is 1.71. The molecule has 6 heteroatoms. The maximum absolute atomic E-state index is 12.1. The third kappa shape index (κ3) is 2.65. The molecule has 1 heterocycles. The predicted octanol–water partition coefficient (Wildman–Crippen LogP) is 1.91. The van der Waals surface area contributed by atoms with Crippen molar-refractivity contribution < 1.29 is 0 Å². The Balaban J connectivity index is 2.52. The van der Waals surface area contributed by atoms with Gasteiger partial charge in [-0.25, -0.2) is 9.79 Å². The molecule has 0 amide bonds. The molecular formula is C14H14BrN3O2. The monoisotopic (exact) mass is 335 g/mol. The van der Waals surface area contributed by atoms with Gasteiger partial charge in [-0.2, -0.15) is 0 Å². The molecular weight excluding hydrogens is 322 g/mol. The third-order valence-electron chi connectivity index (χ3n) is 3.14. The van der Waals surface area contributed by atoms with Crippen molar-refractivity contribution in [2.75, 3.05) is 0 Å². The maximum Gasteiger partial charge on any atom is 0.330 e. The van der Waals surface area contributed by atoms with E-state index in [4.69, 9.17) is 0 Å². The molecule has 0 aliphatic rings. The lowest BCUT2D eigenvalue weighted by molar-refractivity contribution is 0.669. The number of benzene rings is 1. The van der Waals surface area contributed by atoms with Crippen LogP contribution in [0.5, 0.6) is 0 Å². The van der Waals surface area contributed by atoms with Gasteiger partial charge in [-0.1, -0.05) is 28.1 Å². The molecule has 2 rings (SSSR count). The average Bonchev–Trinajstić information content (AvgIpc) is 2.45. The number of aliphatic imine (C=N–C) groups is 1. The Morgan fingerprint density at radius 1 is 1.10 bits per heavy atom. The van der Waals surface area contributed by atoms with E-state index in [1.165, 1.54) is 11.6 Å². The van der Waals surface area contributed by atoms with Gasteiger partial charge in [0.1, 0.15) is 5.69 Å². The van der Waals surface area contributed by atoms with Crippen molar-refractivity contribution in [1.82, 2.24) is 9.13 Å². The van der Waals surface area contributed by atoms with Crippen LogP contribution < -0.4 is 11.2 Å². The smallest absolute Gasteiger partial charge is 0.299 e. The fourth-order valence-corrected chi connectivity index (χ4v) is 2.03. The van der Waals surface area contributed by atoms with Crippen molar-refractivity contribution in [2.24, 2.45) is 19.1 Å². The van der Waals surface area contributed by atoms with E-state index in [2.05, 4.69) is 20.9 Å². The first-order chi connectivity index (χ1) is 9.41. The van der Waals surface area contributed by atoms with Crippen LogP contribution in [0, 0.1) is 6.92 Å². The summed E-state index contributed by atoms with van der Waals surface area (Å²) in [5.74, 6) is 0. The summed E-state index contributed by atoms with van der Waals surface area (Å²) in [4.78, 5) is 28.0. The normalized spacial score (nSPS) is 11.2. The van der Waals surface area contributed by atoms with Gasteiger partial charge >= 0.3 is 5.69 Å². The average molecular weight is 336 g/mol. The van der Waals surface area contributed by atoms with E-state index >= 15 is 0 Å². The van der Waals surface area contributed by atoms with E-state index < -0.39 is 0 Å². The first kappa shape index (κ1) is 14.5. The number of nitrogens with zero attached hydrogens (tertiary/aromatic N) is 3. The summed E-state index contributed by atoms with van der Waals surface area (Å²) in [5.41, 5.74) is 0.960. The quantitative estimate of drug-likeness (QED) is 0.787. The molecule has 0 radical (unpaired) electrons. The zero-order chi connectivity index (χ0) is 14.9. The van der Waals surface area contributed by atoms with Crippen molar-refractivity contribution in [3.63, 3.8) is 0 Å². The lowest BCUT2D eigenvalue weighted by atomic mass is 10.2. The topological polar surface area (TPSA) is 56.4 Å². The van der Waals surface area contributed by atoms with Gasteiger partial charge in [0, 0.05) is 24.8 Å². The fourth-order valence-electron chi connectivity index (χ4n) is 1.76. The van der Waals surface area contributed by atoms with Crippen LogP contribution in [0.25, 0.3) is 0 Å². The van der Waals surface area contributed by atoms with Gasteiger partial charge in [0.25, 0.3) is 5.56 Å². The molecule has 0 saturated heterocycles. The summed E-state index contributed by atoms with van der Waals surface area (Å²) in [6, 6.07) is 7.56. The van der Waals surface area contributed by atoms with Gasteiger partial charge in [-0.15, -0.1) is 0 Å². The molecule has 0 spiro atoms. The standard InChI is InChI=1S/C14H14BrN3O2/c1-9-12(13(19)18(3)14(20)17(9)2)16-8-10-4-6-11(15)7-5-10/h4-8H,1-3H3. The molecule has 20 heavy (non-hydrogen) atoms. The Hall–Kier alpha value is -1.95. The Kier molecular flexibility index (Phi) is 4.04. The minimum atomic E-state index is -0.390. The minimum absolute atomic E-state index is 0.275. The summed E-state index contributed by atoms with van der Waals surface area (Å²) in [7, 11) is 3.07. The molecule has 0 bridgehead atoms. The van der Waals surface area contributed by atoms with Gasteiger partial charge in [0.15, 0.2) is 0 Å². The Morgan fingerprint density at radius 2 is 1.70 bits per heavy atom. The fraction of sp³-hybridized carbons (Fsp3) is 0.214. The van der Waals surface area contributed by atoms with Crippen LogP contribution >= 0.6 is 15.9 Å². The molecule has 0 aliphatic carbocycles. The highest BCUT2D eigenvalue weighted by atomic mass is 79.9. The first-order valence-electron chi connectivity index (χ1n) is 5.98. The predicted molar refractivity (Wildman–Crippen MR) is 83.1 cm³/mol. The van der Waals surface area contributed by atoms with E-state index in [0.717, 1.165) is 14.6 Å². The number of hydrogen-bond acceptors (Lipinski definition) is 3. The van der Waals surface area contributed by atoms with Crippen LogP contribution in [0.2, 0.25) is 0 Å². The summed E-state index contributed by atoms with van der Waals surface area (Å²) >= 11 is 3.36. The van der Waals surface area contributed by atoms with Crippen molar-refractivity contribution in [2.45, 2.75) is 6.92 Å². The first-order valence-corrected chi connectivity index (χ1v) is 6.77. The Labute approximate surface area is 124 Å². The Morgan fingerprint density at radius 3 is 2.30 bits per heavy atom. The third-order valence-corrected chi connectivity index (χ3v) is 3.67. The number of rotatable bonds is 2. The molecule has 0 saturated carbocycles. The van der Waals surface area contributed by atoms with E-state index in [1.54, 1.807) is 20.2 Å². The van der Waals surface area contributed by atoms with Crippen molar-refractivity contribution in [3.8, 4) is 0 Å². The molecule has 1 aromatic carbocycles. The van der Waals surface area contributed by atoms with Gasteiger partial charge in [0.05, 0.1) is 5.69 Å². The van der Waals surface area contributed by atoms with Crippen molar-refractivity contribution >= 4 is 27.8 Å². The molecule has 1 aromatic heterocycles. The second kappa shape index (κ2) is 5.58. The molecule has 0 unspecified atom stereocenters. The van der Waals surface area contributed by atoms with Crippen LogP contribution in [-0.2, 0) is 14.1 Å². The van der Waals surface area contributed by atoms with E-state index in [0.29, 0.717) is 5.69 Å². The lowest BCUT2D eigenvalue weighted by Crippen LogP contribution is -2.37.